The number of aryl methyl sites for hydroxylation is 1. The molecule has 0 spiro atoms. The fraction of sp³-hybridized carbons (Fsp3) is 0.462. The van der Waals surface area contributed by atoms with Crippen molar-refractivity contribution >= 4 is 17.6 Å². The molecule has 0 saturated heterocycles. The normalized spacial score (nSPS) is 22.9. The van der Waals surface area contributed by atoms with E-state index in [4.69, 9.17) is 16.2 Å². The van der Waals surface area contributed by atoms with Crippen LogP contribution < -0.4 is 21.5 Å². The highest BCUT2D eigenvalue weighted by Gasteiger charge is 2.18. The Bertz CT molecular complexity index is 435. The number of hydrogen-bond acceptors (Lipinski definition) is 6. The smallest absolute Gasteiger partial charge is 0.150 e. The summed E-state index contributed by atoms with van der Waals surface area (Å²) in [5.74, 6) is 2.33. The second kappa shape index (κ2) is 6.79. The zero-order valence-electron chi connectivity index (χ0n) is 11.0. The van der Waals surface area contributed by atoms with Gasteiger partial charge in [-0.3, -0.25) is 5.32 Å². The summed E-state index contributed by atoms with van der Waals surface area (Å²) in [6.07, 6.45) is 0.504. The Kier molecular flexibility index (Phi) is 5.07. The third kappa shape index (κ3) is 4.74. The van der Waals surface area contributed by atoms with Gasteiger partial charge in [-0.15, -0.1) is 11.8 Å². The van der Waals surface area contributed by atoms with E-state index in [1.807, 2.05) is 24.3 Å². The van der Waals surface area contributed by atoms with Crippen LogP contribution in [-0.2, 0) is 0 Å². The molecule has 0 amide bonds. The molecular weight excluding hydrogens is 260 g/mol. The first-order valence-electron chi connectivity index (χ1n) is 6.28. The van der Waals surface area contributed by atoms with Gasteiger partial charge < -0.3 is 16.2 Å². The van der Waals surface area contributed by atoms with Gasteiger partial charge in [-0.1, -0.05) is 17.7 Å². The molecule has 0 saturated carbocycles. The number of hydrogen-bond donors (Lipinski definition) is 3. The molecule has 0 fully saturated rings. The number of amidine groups is 1. The summed E-state index contributed by atoms with van der Waals surface area (Å²) in [6.45, 7) is 2.69. The Morgan fingerprint density at radius 1 is 1.42 bits per heavy atom. The van der Waals surface area contributed by atoms with Crippen LogP contribution in [0, 0.1) is 6.92 Å². The number of thioether (sulfide) groups is 1. The first-order chi connectivity index (χ1) is 9.13. The third-order valence-corrected chi connectivity index (χ3v) is 3.68. The first-order valence-corrected chi connectivity index (χ1v) is 7.33. The summed E-state index contributed by atoms with van der Waals surface area (Å²) in [4.78, 5) is 4.30. The average molecular weight is 280 g/mol. The van der Waals surface area contributed by atoms with Gasteiger partial charge in [0.15, 0.2) is 0 Å². The lowest BCUT2D eigenvalue weighted by Gasteiger charge is -2.25. The molecule has 1 aliphatic rings. The van der Waals surface area contributed by atoms with Gasteiger partial charge in [0.2, 0.25) is 0 Å². The molecule has 0 radical (unpaired) electrons. The zero-order valence-corrected chi connectivity index (χ0v) is 11.8. The summed E-state index contributed by atoms with van der Waals surface area (Å²) in [6, 6.07) is 8.03. The maximum atomic E-state index is 5.81. The van der Waals surface area contributed by atoms with E-state index in [0.717, 1.165) is 11.5 Å². The molecule has 5 nitrogen and oxygen atoms in total. The minimum Gasteiger partial charge on any atom is -0.493 e. The minimum atomic E-state index is -0.104. The second-order valence-electron chi connectivity index (χ2n) is 4.48. The highest BCUT2D eigenvalue weighted by atomic mass is 32.2. The fourth-order valence-corrected chi connectivity index (χ4v) is 2.63. The van der Waals surface area contributed by atoms with Crippen molar-refractivity contribution in [2.45, 2.75) is 25.0 Å². The van der Waals surface area contributed by atoms with Gasteiger partial charge in [0, 0.05) is 12.2 Å². The van der Waals surface area contributed by atoms with Crippen LogP contribution in [0.15, 0.2) is 29.3 Å². The Morgan fingerprint density at radius 3 is 2.84 bits per heavy atom. The molecule has 2 unspecified atom stereocenters. The van der Waals surface area contributed by atoms with E-state index in [1.54, 1.807) is 11.8 Å². The Labute approximate surface area is 117 Å². The number of nitrogens with two attached hydrogens (primary N) is 2. The summed E-state index contributed by atoms with van der Waals surface area (Å²) < 4.78 is 5.65. The molecule has 19 heavy (non-hydrogen) atoms. The molecule has 2 atom stereocenters. The largest absolute Gasteiger partial charge is 0.493 e. The predicted octanol–water partition coefficient (Wildman–Crippen LogP) is 1.03. The summed E-state index contributed by atoms with van der Waals surface area (Å²) in [5.41, 5.74) is 12.7. The van der Waals surface area contributed by atoms with Crippen molar-refractivity contribution in [3.63, 3.8) is 0 Å². The van der Waals surface area contributed by atoms with E-state index < -0.39 is 0 Å². The monoisotopic (exact) mass is 280 g/mol. The fourth-order valence-electron chi connectivity index (χ4n) is 1.75. The van der Waals surface area contributed by atoms with Crippen LogP contribution in [0.4, 0.5) is 0 Å². The number of rotatable bonds is 5. The highest BCUT2D eigenvalue weighted by Crippen LogP contribution is 2.15. The van der Waals surface area contributed by atoms with Crippen LogP contribution in [0.2, 0.25) is 0 Å². The van der Waals surface area contributed by atoms with Crippen molar-refractivity contribution in [2.24, 2.45) is 16.5 Å². The van der Waals surface area contributed by atoms with Gasteiger partial charge in [0.25, 0.3) is 0 Å². The number of ether oxygens (including phenoxy) is 1. The van der Waals surface area contributed by atoms with Crippen molar-refractivity contribution in [3.8, 4) is 5.75 Å². The minimum absolute atomic E-state index is 0.0645. The standard InChI is InChI=1S/C13H20N4OS/c1-9-2-4-10(5-3-9)18-6-7-19-13-16-11(14)8-12(15)17-13/h2-5,11,13,16H,6-8,14H2,1H3,(H2,15,17). The van der Waals surface area contributed by atoms with Crippen molar-refractivity contribution in [1.82, 2.24) is 5.32 Å². The zero-order chi connectivity index (χ0) is 13.7. The van der Waals surface area contributed by atoms with Gasteiger partial charge in [-0.25, -0.2) is 4.99 Å². The quantitative estimate of drug-likeness (QED) is 0.701. The van der Waals surface area contributed by atoms with Gasteiger partial charge in [0.05, 0.1) is 18.6 Å². The van der Waals surface area contributed by atoms with Gasteiger partial charge in [-0.2, -0.15) is 0 Å². The summed E-state index contributed by atoms with van der Waals surface area (Å²) in [5, 5.41) is 3.17. The van der Waals surface area contributed by atoms with Crippen molar-refractivity contribution in [1.29, 1.82) is 0 Å². The molecule has 1 aliphatic heterocycles. The maximum absolute atomic E-state index is 5.81. The van der Waals surface area contributed by atoms with E-state index in [2.05, 4.69) is 17.2 Å². The van der Waals surface area contributed by atoms with E-state index in [1.165, 1.54) is 5.56 Å². The van der Waals surface area contributed by atoms with Gasteiger partial charge in [-0.05, 0) is 19.1 Å². The molecule has 0 bridgehead atoms. The third-order valence-electron chi connectivity index (χ3n) is 2.72. The molecule has 6 heteroatoms. The Balaban J connectivity index is 1.69. The lowest BCUT2D eigenvalue weighted by Crippen LogP contribution is -2.49. The van der Waals surface area contributed by atoms with Gasteiger partial charge in [0.1, 0.15) is 11.2 Å². The SMILES string of the molecule is Cc1ccc(OCCSC2N=C(N)CC(N)N2)cc1. The lowest BCUT2D eigenvalue weighted by molar-refractivity contribution is 0.343. The van der Waals surface area contributed by atoms with Gasteiger partial charge >= 0.3 is 0 Å². The van der Waals surface area contributed by atoms with Crippen molar-refractivity contribution < 1.29 is 4.74 Å². The number of nitrogens with one attached hydrogen (secondary N) is 1. The van der Waals surface area contributed by atoms with Crippen LogP contribution in [0.3, 0.4) is 0 Å². The summed E-state index contributed by atoms with van der Waals surface area (Å²) in [7, 11) is 0. The molecule has 1 aromatic rings. The van der Waals surface area contributed by atoms with E-state index >= 15 is 0 Å². The molecular formula is C13H20N4OS. The Morgan fingerprint density at radius 2 is 2.16 bits per heavy atom. The predicted molar refractivity (Wildman–Crippen MR) is 80.3 cm³/mol. The maximum Gasteiger partial charge on any atom is 0.150 e. The van der Waals surface area contributed by atoms with Crippen LogP contribution in [0.25, 0.3) is 0 Å². The van der Waals surface area contributed by atoms with Crippen LogP contribution in [-0.4, -0.2) is 29.9 Å². The van der Waals surface area contributed by atoms with Crippen LogP contribution in [0.1, 0.15) is 12.0 Å². The number of nitrogens with zero attached hydrogens (tertiary/aromatic N) is 1. The highest BCUT2D eigenvalue weighted by molar-refractivity contribution is 7.99. The molecule has 0 aliphatic carbocycles. The van der Waals surface area contributed by atoms with Crippen LogP contribution >= 0.6 is 11.8 Å². The number of aliphatic imine (C=N–C) groups is 1. The molecule has 2 rings (SSSR count). The molecule has 0 aromatic heterocycles. The Hall–Kier alpha value is -1.24. The summed E-state index contributed by atoms with van der Waals surface area (Å²) >= 11 is 1.64. The van der Waals surface area contributed by atoms with Crippen molar-refractivity contribution in [2.75, 3.05) is 12.4 Å². The van der Waals surface area contributed by atoms with Crippen molar-refractivity contribution in [3.05, 3.63) is 29.8 Å². The average Bonchev–Trinajstić information content (AvgIpc) is 2.36. The molecule has 1 heterocycles. The van der Waals surface area contributed by atoms with E-state index in [0.29, 0.717) is 18.9 Å². The number of benzene rings is 1. The van der Waals surface area contributed by atoms with E-state index in [9.17, 15) is 0 Å². The first kappa shape index (κ1) is 14.2. The molecule has 1 aromatic carbocycles. The van der Waals surface area contributed by atoms with Crippen LogP contribution in [0.5, 0.6) is 5.75 Å². The van der Waals surface area contributed by atoms with E-state index in [-0.39, 0.29) is 11.7 Å². The molecule has 104 valence electrons. The topological polar surface area (TPSA) is 85.7 Å². The second-order valence-corrected chi connectivity index (χ2v) is 5.67. The molecule has 5 N–H and O–H groups in total. The lowest BCUT2D eigenvalue weighted by atomic mass is 10.2.